The number of benzene rings is 1. The molecule has 152 valence electrons. The summed E-state index contributed by atoms with van der Waals surface area (Å²) >= 11 is 0. The number of piperazine rings is 1. The molecule has 1 heterocycles. The third kappa shape index (κ3) is 8.04. The van der Waals surface area contributed by atoms with Gasteiger partial charge < -0.3 is 19.9 Å². The smallest absolute Gasteiger partial charge is 0.409 e. The van der Waals surface area contributed by atoms with Crippen molar-refractivity contribution in [3.05, 3.63) is 35.9 Å². The topological polar surface area (TPSA) is 74.2 Å². The Morgan fingerprint density at radius 1 is 1.19 bits per heavy atom. The van der Waals surface area contributed by atoms with E-state index in [0.29, 0.717) is 50.8 Å². The molecule has 1 aliphatic rings. The Morgan fingerprint density at radius 2 is 1.81 bits per heavy atom. The van der Waals surface area contributed by atoms with E-state index in [4.69, 9.17) is 4.74 Å². The summed E-state index contributed by atoms with van der Waals surface area (Å²) < 4.78 is 17.2. The van der Waals surface area contributed by atoms with Gasteiger partial charge in [-0.15, -0.1) is 24.0 Å². The molecule has 1 aliphatic heterocycles. The van der Waals surface area contributed by atoms with Crippen molar-refractivity contribution in [2.24, 2.45) is 4.99 Å². The normalized spacial score (nSPS) is 15.7. The molecule has 1 atom stereocenters. The van der Waals surface area contributed by atoms with Crippen molar-refractivity contribution in [2.45, 2.75) is 12.7 Å². The van der Waals surface area contributed by atoms with E-state index in [1.54, 1.807) is 11.9 Å². The van der Waals surface area contributed by atoms with Crippen LogP contribution in [0.2, 0.25) is 0 Å². The molecule has 2 rings (SSSR count). The second kappa shape index (κ2) is 12.9. The van der Waals surface area contributed by atoms with E-state index >= 15 is 0 Å². The monoisotopic (exact) mass is 508 g/mol. The molecule has 9 heteroatoms. The zero-order chi connectivity index (χ0) is 18.8. The van der Waals surface area contributed by atoms with Crippen molar-refractivity contribution in [2.75, 3.05) is 52.1 Å². The third-order valence-corrected chi connectivity index (χ3v) is 5.42. The fourth-order valence-corrected chi connectivity index (χ4v) is 3.80. The molecule has 1 N–H and O–H groups in total. The van der Waals surface area contributed by atoms with Gasteiger partial charge in [0, 0.05) is 62.1 Å². The lowest BCUT2D eigenvalue weighted by atomic mass is 10.2. The predicted octanol–water partition coefficient (Wildman–Crippen LogP) is 1.90. The van der Waals surface area contributed by atoms with Crippen LogP contribution in [0.4, 0.5) is 4.79 Å². The number of ether oxygens (including phenoxy) is 1. The van der Waals surface area contributed by atoms with Crippen LogP contribution in [0.1, 0.15) is 12.5 Å². The third-order valence-electron chi connectivity index (χ3n) is 4.10. The summed E-state index contributed by atoms with van der Waals surface area (Å²) in [6.07, 6.45) is -0.258. The molecule has 1 fully saturated rings. The quantitative estimate of drug-likeness (QED) is 0.361. The van der Waals surface area contributed by atoms with Crippen LogP contribution in [-0.4, -0.2) is 78.2 Å². The van der Waals surface area contributed by atoms with Gasteiger partial charge in [-0.1, -0.05) is 30.3 Å². The molecule has 27 heavy (non-hydrogen) atoms. The summed E-state index contributed by atoms with van der Waals surface area (Å²) in [5.74, 6) is 1.92. The van der Waals surface area contributed by atoms with Gasteiger partial charge in [-0.05, 0) is 12.5 Å². The van der Waals surface area contributed by atoms with Gasteiger partial charge in [0.1, 0.15) is 0 Å². The highest BCUT2D eigenvalue weighted by molar-refractivity contribution is 14.0. The second-order valence-corrected chi connectivity index (χ2v) is 7.50. The van der Waals surface area contributed by atoms with Gasteiger partial charge in [-0.2, -0.15) is 0 Å². The average molecular weight is 508 g/mol. The molecule has 0 radical (unpaired) electrons. The summed E-state index contributed by atoms with van der Waals surface area (Å²) in [6.45, 7) is 5.42. The van der Waals surface area contributed by atoms with Crippen LogP contribution < -0.4 is 5.32 Å². The van der Waals surface area contributed by atoms with Crippen molar-refractivity contribution >= 4 is 46.8 Å². The van der Waals surface area contributed by atoms with Crippen molar-refractivity contribution in [1.82, 2.24) is 15.1 Å². The number of hydrogen-bond acceptors (Lipinski definition) is 4. The molecule has 0 saturated carbocycles. The molecule has 1 amide bonds. The molecular formula is C18H29IN4O3S. The van der Waals surface area contributed by atoms with Crippen LogP contribution in [0.5, 0.6) is 0 Å². The SMILES string of the molecule is CCOC(=O)N1CCN(C(=NC)NCCS(=O)Cc2ccccc2)CC1.I. The van der Waals surface area contributed by atoms with E-state index in [2.05, 4.69) is 15.2 Å². The molecule has 1 saturated heterocycles. The molecule has 1 unspecified atom stereocenters. The largest absolute Gasteiger partial charge is 0.450 e. The summed E-state index contributed by atoms with van der Waals surface area (Å²) in [6, 6.07) is 9.87. The Balaban J connectivity index is 0.00000364. The van der Waals surface area contributed by atoms with Crippen LogP contribution in [0.3, 0.4) is 0 Å². The standard InChI is InChI=1S/C18H28N4O3S.HI/c1-3-25-18(23)22-12-10-21(11-13-22)17(19-2)20-9-14-26(24)15-16-7-5-4-6-8-16;/h4-8H,3,9-15H2,1-2H3,(H,19,20);1H. The first-order valence-electron chi connectivity index (χ1n) is 8.90. The minimum atomic E-state index is -0.914. The van der Waals surface area contributed by atoms with Crippen LogP contribution in [0, 0.1) is 0 Å². The summed E-state index contributed by atoms with van der Waals surface area (Å²) in [4.78, 5) is 19.9. The second-order valence-electron chi connectivity index (χ2n) is 5.92. The number of halogens is 1. The van der Waals surface area contributed by atoms with E-state index < -0.39 is 10.8 Å². The summed E-state index contributed by atoms with van der Waals surface area (Å²) in [5.41, 5.74) is 1.09. The lowest BCUT2D eigenvalue weighted by Crippen LogP contribution is -2.54. The maximum absolute atomic E-state index is 12.2. The molecule has 0 aliphatic carbocycles. The lowest BCUT2D eigenvalue weighted by Gasteiger charge is -2.35. The zero-order valence-electron chi connectivity index (χ0n) is 15.9. The number of carbonyl (C=O) groups is 1. The van der Waals surface area contributed by atoms with Gasteiger partial charge in [0.05, 0.1) is 6.61 Å². The Labute approximate surface area is 181 Å². The first-order chi connectivity index (χ1) is 12.6. The minimum Gasteiger partial charge on any atom is -0.450 e. The average Bonchev–Trinajstić information content (AvgIpc) is 2.66. The summed E-state index contributed by atoms with van der Waals surface area (Å²) in [7, 11) is 0.823. The number of hydrogen-bond donors (Lipinski definition) is 1. The minimum absolute atomic E-state index is 0. The van der Waals surface area contributed by atoms with Crippen molar-refractivity contribution < 1.29 is 13.7 Å². The maximum Gasteiger partial charge on any atom is 0.409 e. The first-order valence-corrected chi connectivity index (χ1v) is 10.4. The molecule has 1 aromatic rings. The van der Waals surface area contributed by atoms with Crippen LogP contribution in [0.25, 0.3) is 0 Å². The van der Waals surface area contributed by atoms with Crippen molar-refractivity contribution in [3.63, 3.8) is 0 Å². The van der Waals surface area contributed by atoms with Gasteiger partial charge in [0.15, 0.2) is 5.96 Å². The number of aliphatic imine (C=N–C) groups is 1. The van der Waals surface area contributed by atoms with Gasteiger partial charge in [-0.3, -0.25) is 9.20 Å². The van der Waals surface area contributed by atoms with Gasteiger partial charge in [-0.25, -0.2) is 4.79 Å². The Bertz CT molecular complexity index is 622. The summed E-state index contributed by atoms with van der Waals surface area (Å²) in [5, 5.41) is 3.27. The van der Waals surface area contributed by atoms with Crippen molar-refractivity contribution in [3.8, 4) is 0 Å². The van der Waals surface area contributed by atoms with E-state index in [1.165, 1.54) is 0 Å². The Kier molecular flexibility index (Phi) is 11.3. The Hall–Kier alpha value is -1.36. The molecule has 0 aromatic heterocycles. The molecular weight excluding hydrogens is 479 g/mol. The number of guanidine groups is 1. The molecule has 0 bridgehead atoms. The number of carbonyl (C=O) groups excluding carboxylic acids is 1. The number of nitrogens with zero attached hydrogens (tertiary/aromatic N) is 3. The first kappa shape index (κ1) is 23.7. The highest BCUT2D eigenvalue weighted by Crippen LogP contribution is 2.05. The van der Waals surface area contributed by atoms with Gasteiger partial charge in [0.25, 0.3) is 0 Å². The van der Waals surface area contributed by atoms with Crippen LogP contribution in [-0.2, 0) is 21.3 Å². The predicted molar refractivity (Wildman–Crippen MR) is 120 cm³/mol. The van der Waals surface area contributed by atoms with E-state index in [9.17, 15) is 9.00 Å². The van der Waals surface area contributed by atoms with Crippen LogP contribution >= 0.6 is 24.0 Å². The van der Waals surface area contributed by atoms with E-state index in [1.807, 2.05) is 37.3 Å². The molecule has 1 aromatic carbocycles. The fourth-order valence-electron chi connectivity index (χ4n) is 2.76. The van der Waals surface area contributed by atoms with Gasteiger partial charge >= 0.3 is 6.09 Å². The number of amides is 1. The fraction of sp³-hybridized carbons (Fsp3) is 0.556. The lowest BCUT2D eigenvalue weighted by molar-refractivity contribution is 0.0915. The van der Waals surface area contributed by atoms with E-state index in [0.717, 1.165) is 11.5 Å². The Morgan fingerprint density at radius 3 is 2.41 bits per heavy atom. The maximum atomic E-state index is 12.2. The number of nitrogens with one attached hydrogen (secondary N) is 1. The highest BCUT2D eigenvalue weighted by atomic mass is 127. The van der Waals surface area contributed by atoms with Crippen molar-refractivity contribution in [1.29, 1.82) is 0 Å². The zero-order valence-corrected chi connectivity index (χ0v) is 19.1. The molecule has 7 nitrogen and oxygen atoms in total. The number of rotatable bonds is 6. The van der Waals surface area contributed by atoms with Gasteiger partial charge in [0.2, 0.25) is 0 Å². The molecule has 0 spiro atoms. The van der Waals surface area contributed by atoms with Crippen LogP contribution in [0.15, 0.2) is 35.3 Å². The highest BCUT2D eigenvalue weighted by Gasteiger charge is 2.23. The van der Waals surface area contributed by atoms with E-state index in [-0.39, 0.29) is 30.1 Å².